The Labute approximate surface area is 232 Å². The van der Waals surface area contributed by atoms with Crippen molar-refractivity contribution in [2.75, 3.05) is 39.5 Å². The maximum absolute atomic E-state index is 13.5. The molecule has 12 heteroatoms. The van der Waals surface area contributed by atoms with E-state index in [1.807, 2.05) is 24.3 Å². The highest BCUT2D eigenvalue weighted by Gasteiger charge is 2.40. The molecule has 2 fully saturated rings. The largest absolute Gasteiger partial charge is 0.379 e. The summed E-state index contributed by atoms with van der Waals surface area (Å²) < 4.78 is 38.1. The zero-order valence-electron chi connectivity index (χ0n) is 20.2. The number of hydrogen-bond acceptors (Lipinski definition) is 7. The van der Waals surface area contributed by atoms with Gasteiger partial charge in [-0.3, -0.25) is 9.69 Å². The summed E-state index contributed by atoms with van der Waals surface area (Å²) in [6.45, 7) is 4.72. The van der Waals surface area contributed by atoms with Gasteiger partial charge in [-0.1, -0.05) is 59.1 Å². The SMILES string of the molecule is O=C(COC(C1CCCN1)S(=O)(=O)c1c(Cl)cc(Cl)cc1Cl)NCc1ccc(CN2CCOCC2)cc1. The third kappa shape index (κ3) is 7.58. The summed E-state index contributed by atoms with van der Waals surface area (Å²) in [6, 6.07) is 10.2. The van der Waals surface area contributed by atoms with Crippen LogP contribution in [0.3, 0.4) is 0 Å². The Hall–Kier alpha value is -1.43. The summed E-state index contributed by atoms with van der Waals surface area (Å²) in [5, 5.41) is 5.97. The summed E-state index contributed by atoms with van der Waals surface area (Å²) in [7, 11) is -4.14. The topological polar surface area (TPSA) is 97.0 Å². The minimum Gasteiger partial charge on any atom is -0.379 e. The number of hydrogen-bond donors (Lipinski definition) is 2. The minimum absolute atomic E-state index is 0.0920. The van der Waals surface area contributed by atoms with E-state index in [0.717, 1.165) is 44.8 Å². The molecule has 2 unspecified atom stereocenters. The molecule has 2 aromatic carbocycles. The second kappa shape index (κ2) is 13.1. The van der Waals surface area contributed by atoms with Gasteiger partial charge in [0.2, 0.25) is 15.7 Å². The lowest BCUT2D eigenvalue weighted by Crippen LogP contribution is -2.44. The molecule has 37 heavy (non-hydrogen) atoms. The first-order chi connectivity index (χ1) is 17.7. The molecular weight excluding hydrogens is 561 g/mol. The second-order valence-corrected chi connectivity index (χ2v) is 12.3. The van der Waals surface area contributed by atoms with Crippen molar-refractivity contribution in [3.63, 3.8) is 0 Å². The van der Waals surface area contributed by atoms with Gasteiger partial charge in [-0.05, 0) is 42.6 Å². The van der Waals surface area contributed by atoms with E-state index in [1.165, 1.54) is 17.7 Å². The van der Waals surface area contributed by atoms with Gasteiger partial charge in [0.25, 0.3) is 0 Å². The Bertz CT molecular complexity index is 1160. The number of benzene rings is 2. The maximum atomic E-state index is 13.5. The number of rotatable bonds is 10. The normalized spacial score (nSPS) is 19.6. The van der Waals surface area contributed by atoms with Crippen molar-refractivity contribution in [1.29, 1.82) is 0 Å². The van der Waals surface area contributed by atoms with Crippen molar-refractivity contribution in [3.05, 3.63) is 62.6 Å². The summed E-state index contributed by atoms with van der Waals surface area (Å²) in [4.78, 5) is 14.7. The average Bonchev–Trinajstić information content (AvgIpc) is 3.38. The van der Waals surface area contributed by atoms with Crippen molar-refractivity contribution in [3.8, 4) is 0 Å². The molecule has 202 valence electrons. The van der Waals surface area contributed by atoms with Gasteiger partial charge in [0.1, 0.15) is 11.5 Å². The summed E-state index contributed by atoms with van der Waals surface area (Å²) in [6.07, 6.45) is 1.36. The molecule has 2 N–H and O–H groups in total. The van der Waals surface area contributed by atoms with E-state index in [2.05, 4.69) is 15.5 Å². The van der Waals surface area contributed by atoms with Crippen LogP contribution in [-0.2, 0) is 37.2 Å². The number of halogens is 3. The molecular formula is C25H30Cl3N3O5S. The Balaban J connectivity index is 1.35. The van der Waals surface area contributed by atoms with Gasteiger partial charge < -0.3 is 20.1 Å². The predicted molar refractivity (Wildman–Crippen MR) is 144 cm³/mol. The summed E-state index contributed by atoms with van der Waals surface area (Å²) >= 11 is 18.4. The van der Waals surface area contributed by atoms with Crippen molar-refractivity contribution < 1.29 is 22.7 Å². The van der Waals surface area contributed by atoms with Crippen LogP contribution in [0, 0.1) is 0 Å². The van der Waals surface area contributed by atoms with E-state index in [-0.39, 0.29) is 20.0 Å². The highest BCUT2D eigenvalue weighted by Crippen LogP contribution is 2.36. The van der Waals surface area contributed by atoms with Gasteiger partial charge in [-0.15, -0.1) is 0 Å². The Kier molecular flexibility index (Phi) is 10.1. The zero-order chi connectivity index (χ0) is 26.4. The van der Waals surface area contributed by atoms with E-state index < -0.39 is 33.8 Å². The van der Waals surface area contributed by atoms with Crippen LogP contribution < -0.4 is 10.6 Å². The fourth-order valence-electron chi connectivity index (χ4n) is 4.47. The molecule has 0 saturated carbocycles. The van der Waals surface area contributed by atoms with Crippen LogP contribution in [0.2, 0.25) is 15.1 Å². The Morgan fingerprint density at radius 1 is 1.11 bits per heavy atom. The van der Waals surface area contributed by atoms with Crippen molar-refractivity contribution in [2.24, 2.45) is 0 Å². The van der Waals surface area contributed by atoms with Crippen LogP contribution in [0.25, 0.3) is 0 Å². The number of amides is 1. The molecule has 4 rings (SSSR count). The molecule has 2 heterocycles. The molecule has 0 aromatic heterocycles. The van der Waals surface area contributed by atoms with Crippen LogP contribution >= 0.6 is 34.8 Å². The molecule has 2 aliphatic rings. The highest BCUT2D eigenvalue weighted by molar-refractivity contribution is 7.92. The number of nitrogens with zero attached hydrogens (tertiary/aromatic N) is 1. The van der Waals surface area contributed by atoms with Crippen LogP contribution in [0.5, 0.6) is 0 Å². The highest BCUT2D eigenvalue weighted by atomic mass is 35.5. The molecule has 1 amide bonds. The summed E-state index contributed by atoms with van der Waals surface area (Å²) in [5.41, 5.74) is 0.786. The van der Waals surface area contributed by atoms with Gasteiger partial charge in [0, 0.05) is 37.2 Å². The van der Waals surface area contributed by atoms with E-state index in [4.69, 9.17) is 44.3 Å². The number of carbonyl (C=O) groups excluding carboxylic acids is 1. The first kappa shape index (κ1) is 28.6. The maximum Gasteiger partial charge on any atom is 0.246 e. The standard InChI is InChI=1S/C25H30Cl3N3O5S/c26-19-12-20(27)24(21(28)13-19)37(33,34)25(22-2-1-7-29-22)36-16-23(32)30-14-17-3-5-18(6-4-17)15-31-8-10-35-11-9-31/h3-6,12-13,22,25,29H,1-2,7-11,14-16H2,(H,30,32). The predicted octanol–water partition coefficient (Wildman–Crippen LogP) is 3.66. The molecule has 0 spiro atoms. The first-order valence-electron chi connectivity index (χ1n) is 12.1. The van der Waals surface area contributed by atoms with Crippen LogP contribution in [0.4, 0.5) is 0 Å². The fourth-order valence-corrected chi connectivity index (χ4v) is 7.74. The summed E-state index contributed by atoms with van der Waals surface area (Å²) in [5.74, 6) is -0.427. The third-order valence-electron chi connectivity index (χ3n) is 6.38. The number of sulfone groups is 1. The van der Waals surface area contributed by atoms with Gasteiger partial charge in [0.05, 0.1) is 23.3 Å². The van der Waals surface area contributed by atoms with E-state index in [1.54, 1.807) is 0 Å². The molecule has 2 atom stereocenters. The van der Waals surface area contributed by atoms with Gasteiger partial charge in [0.15, 0.2) is 5.44 Å². The Morgan fingerprint density at radius 3 is 2.38 bits per heavy atom. The zero-order valence-corrected chi connectivity index (χ0v) is 23.3. The minimum atomic E-state index is -4.14. The van der Waals surface area contributed by atoms with E-state index in [0.29, 0.717) is 19.5 Å². The molecule has 0 radical (unpaired) electrons. The first-order valence-corrected chi connectivity index (χ1v) is 14.8. The Morgan fingerprint density at radius 2 is 1.76 bits per heavy atom. The lowest BCUT2D eigenvalue weighted by molar-refractivity contribution is -0.126. The molecule has 0 aliphatic carbocycles. The quantitative estimate of drug-likeness (QED) is 0.436. The average molecular weight is 591 g/mol. The van der Waals surface area contributed by atoms with Crippen molar-refractivity contribution >= 4 is 50.5 Å². The second-order valence-electron chi connectivity index (χ2n) is 9.11. The number of morpholine rings is 1. The van der Waals surface area contributed by atoms with Crippen LogP contribution in [0.1, 0.15) is 24.0 Å². The molecule has 0 bridgehead atoms. The molecule has 2 aromatic rings. The lowest BCUT2D eigenvalue weighted by Gasteiger charge is -2.26. The smallest absolute Gasteiger partial charge is 0.246 e. The molecule has 2 saturated heterocycles. The van der Waals surface area contributed by atoms with Gasteiger partial charge in [-0.2, -0.15) is 0 Å². The lowest BCUT2D eigenvalue weighted by atomic mass is 10.1. The fraction of sp³-hybridized carbons (Fsp3) is 0.480. The number of nitrogens with one attached hydrogen (secondary N) is 2. The number of carbonyl (C=O) groups is 1. The van der Waals surface area contributed by atoms with E-state index in [9.17, 15) is 13.2 Å². The van der Waals surface area contributed by atoms with Crippen LogP contribution in [0.15, 0.2) is 41.3 Å². The molecule has 8 nitrogen and oxygen atoms in total. The third-order valence-corrected chi connectivity index (χ3v) is 9.51. The van der Waals surface area contributed by atoms with Crippen molar-refractivity contribution in [2.45, 2.75) is 42.3 Å². The number of ether oxygens (including phenoxy) is 2. The van der Waals surface area contributed by atoms with Gasteiger partial charge in [-0.25, -0.2) is 8.42 Å². The monoisotopic (exact) mass is 589 g/mol. The van der Waals surface area contributed by atoms with Gasteiger partial charge >= 0.3 is 0 Å². The van der Waals surface area contributed by atoms with Crippen LogP contribution in [-0.4, -0.2) is 70.2 Å². The van der Waals surface area contributed by atoms with E-state index >= 15 is 0 Å². The molecule has 2 aliphatic heterocycles. The van der Waals surface area contributed by atoms with Crippen molar-refractivity contribution in [1.82, 2.24) is 15.5 Å².